The van der Waals surface area contributed by atoms with Gasteiger partial charge in [0, 0.05) is 25.0 Å². The average molecular weight is 370 g/mol. The molecule has 0 bridgehead atoms. The molecule has 0 unspecified atom stereocenters. The molecular formula is C21H18N6O. The number of nitrogens with zero attached hydrogens (tertiary/aromatic N) is 4. The lowest BCUT2D eigenvalue weighted by atomic mass is 10.0. The molecule has 138 valence electrons. The van der Waals surface area contributed by atoms with Gasteiger partial charge in [-0.1, -0.05) is 30.3 Å². The topological polar surface area (TPSA) is 96.5 Å². The number of hydrogen-bond donors (Lipinski definition) is 2. The number of aromatic nitrogens is 5. The molecule has 3 heterocycles. The number of carbonyl (C=O) groups excluding carboxylic acids is 1. The molecule has 0 aliphatic heterocycles. The molecular weight excluding hydrogens is 352 g/mol. The van der Waals surface area contributed by atoms with Crippen LogP contribution in [0, 0.1) is 6.92 Å². The Bertz CT molecular complexity index is 1090. The summed E-state index contributed by atoms with van der Waals surface area (Å²) in [6, 6.07) is 15.6. The van der Waals surface area contributed by atoms with E-state index in [-0.39, 0.29) is 11.7 Å². The summed E-state index contributed by atoms with van der Waals surface area (Å²) in [7, 11) is 0. The molecule has 0 saturated carbocycles. The number of amides is 1. The third-order valence-electron chi connectivity index (χ3n) is 4.39. The Kier molecular flexibility index (Phi) is 4.88. The van der Waals surface area contributed by atoms with Crippen LogP contribution in [-0.2, 0) is 6.42 Å². The maximum atomic E-state index is 12.6. The highest BCUT2D eigenvalue weighted by Crippen LogP contribution is 2.26. The van der Waals surface area contributed by atoms with E-state index in [4.69, 9.17) is 0 Å². The second-order valence-electron chi connectivity index (χ2n) is 6.30. The van der Waals surface area contributed by atoms with Crippen molar-refractivity contribution in [2.45, 2.75) is 13.3 Å². The first-order chi connectivity index (χ1) is 13.7. The molecule has 28 heavy (non-hydrogen) atoms. The van der Waals surface area contributed by atoms with Crippen molar-refractivity contribution in [2.24, 2.45) is 0 Å². The van der Waals surface area contributed by atoms with Crippen LogP contribution in [-0.4, -0.2) is 31.1 Å². The van der Waals surface area contributed by atoms with Gasteiger partial charge in [0.25, 0.3) is 5.91 Å². The minimum atomic E-state index is -0.380. The fraction of sp³-hybridized carbons (Fsp3) is 0.0952. The quantitative estimate of drug-likeness (QED) is 0.561. The van der Waals surface area contributed by atoms with E-state index in [0.29, 0.717) is 18.1 Å². The van der Waals surface area contributed by atoms with E-state index in [1.54, 1.807) is 18.6 Å². The zero-order valence-electron chi connectivity index (χ0n) is 15.3. The smallest absolute Gasteiger partial charge is 0.294 e. The van der Waals surface area contributed by atoms with Crippen LogP contribution in [0.4, 0.5) is 5.82 Å². The zero-order chi connectivity index (χ0) is 19.3. The van der Waals surface area contributed by atoms with Gasteiger partial charge in [0.2, 0.25) is 5.82 Å². The normalized spacial score (nSPS) is 10.6. The molecule has 0 aliphatic rings. The van der Waals surface area contributed by atoms with Crippen LogP contribution in [0.3, 0.4) is 0 Å². The van der Waals surface area contributed by atoms with Gasteiger partial charge in [-0.25, -0.2) is 4.98 Å². The second-order valence-corrected chi connectivity index (χ2v) is 6.30. The molecule has 2 N–H and O–H groups in total. The summed E-state index contributed by atoms with van der Waals surface area (Å²) in [5.41, 5.74) is 3.95. The molecule has 0 saturated heterocycles. The van der Waals surface area contributed by atoms with Crippen molar-refractivity contribution in [2.75, 3.05) is 5.32 Å². The van der Waals surface area contributed by atoms with E-state index in [1.807, 2.05) is 55.5 Å². The maximum Gasteiger partial charge on any atom is 0.294 e. The Labute approximate surface area is 161 Å². The van der Waals surface area contributed by atoms with Gasteiger partial charge < -0.3 is 10.3 Å². The average Bonchev–Trinajstić information content (AvgIpc) is 3.19. The van der Waals surface area contributed by atoms with Crippen LogP contribution in [0.5, 0.6) is 0 Å². The first-order valence-electron chi connectivity index (χ1n) is 8.83. The lowest BCUT2D eigenvalue weighted by Gasteiger charge is -2.10. The zero-order valence-corrected chi connectivity index (χ0v) is 15.3. The lowest BCUT2D eigenvalue weighted by molar-refractivity contribution is 0.101. The summed E-state index contributed by atoms with van der Waals surface area (Å²) in [5, 5.41) is 10.8. The van der Waals surface area contributed by atoms with Crippen molar-refractivity contribution < 1.29 is 4.79 Å². The summed E-state index contributed by atoms with van der Waals surface area (Å²) < 4.78 is 0. The van der Waals surface area contributed by atoms with E-state index in [1.165, 1.54) is 0 Å². The fourth-order valence-electron chi connectivity index (χ4n) is 2.94. The minimum absolute atomic E-state index is 0.154. The van der Waals surface area contributed by atoms with Crippen molar-refractivity contribution in [3.63, 3.8) is 0 Å². The van der Waals surface area contributed by atoms with E-state index in [0.717, 1.165) is 22.3 Å². The molecule has 0 fully saturated rings. The summed E-state index contributed by atoms with van der Waals surface area (Å²) >= 11 is 0. The number of rotatable bonds is 5. The van der Waals surface area contributed by atoms with Crippen LogP contribution in [0.15, 0.2) is 67.1 Å². The largest absolute Gasteiger partial charge is 0.321 e. The minimum Gasteiger partial charge on any atom is -0.321 e. The van der Waals surface area contributed by atoms with Crippen LogP contribution in [0.25, 0.3) is 11.1 Å². The number of aromatic amines is 1. The first-order valence-corrected chi connectivity index (χ1v) is 8.83. The maximum absolute atomic E-state index is 12.6. The Hall–Kier alpha value is -3.87. The highest BCUT2D eigenvalue weighted by atomic mass is 16.2. The van der Waals surface area contributed by atoms with Crippen LogP contribution in [0.2, 0.25) is 0 Å². The summed E-state index contributed by atoms with van der Waals surface area (Å²) in [4.78, 5) is 23.9. The van der Waals surface area contributed by atoms with Crippen LogP contribution >= 0.6 is 0 Å². The molecule has 0 radical (unpaired) electrons. The molecule has 1 amide bonds. The van der Waals surface area contributed by atoms with Crippen molar-refractivity contribution in [3.05, 3.63) is 89.9 Å². The van der Waals surface area contributed by atoms with E-state index in [2.05, 4.69) is 30.5 Å². The molecule has 1 aromatic carbocycles. The van der Waals surface area contributed by atoms with Gasteiger partial charge in [0.05, 0.1) is 0 Å². The third-order valence-corrected chi connectivity index (χ3v) is 4.39. The molecule has 4 rings (SSSR count). The number of benzene rings is 1. The molecule has 7 nitrogen and oxygen atoms in total. The van der Waals surface area contributed by atoms with Gasteiger partial charge in [-0.15, -0.1) is 10.2 Å². The van der Waals surface area contributed by atoms with Crippen molar-refractivity contribution in [1.29, 1.82) is 0 Å². The SMILES string of the molecule is Cc1c(-c2ccncc2)ccnc1NC(=O)c1nnc(Cc2ccccc2)[nH]1. The van der Waals surface area contributed by atoms with Crippen LogP contribution in [0.1, 0.15) is 27.6 Å². The van der Waals surface area contributed by atoms with Crippen molar-refractivity contribution in [1.82, 2.24) is 25.1 Å². The molecule has 0 spiro atoms. The van der Waals surface area contributed by atoms with Gasteiger partial charge >= 0.3 is 0 Å². The Morgan fingerprint density at radius 1 is 1.00 bits per heavy atom. The number of H-pyrrole nitrogens is 1. The highest BCUT2D eigenvalue weighted by Gasteiger charge is 2.15. The molecule has 7 heteroatoms. The van der Waals surface area contributed by atoms with Gasteiger partial charge in [-0.05, 0) is 47.4 Å². The van der Waals surface area contributed by atoms with Gasteiger partial charge in [-0.3, -0.25) is 9.78 Å². The number of pyridine rings is 2. The van der Waals surface area contributed by atoms with Gasteiger partial charge in [0.1, 0.15) is 11.6 Å². The van der Waals surface area contributed by atoms with E-state index >= 15 is 0 Å². The van der Waals surface area contributed by atoms with Crippen LogP contribution < -0.4 is 5.32 Å². The fourth-order valence-corrected chi connectivity index (χ4v) is 2.94. The molecule has 0 atom stereocenters. The molecule has 0 aliphatic carbocycles. The Balaban J connectivity index is 1.52. The number of nitrogens with one attached hydrogen (secondary N) is 2. The number of carbonyl (C=O) groups is 1. The Morgan fingerprint density at radius 3 is 2.57 bits per heavy atom. The first kappa shape index (κ1) is 17.5. The predicted octanol–water partition coefficient (Wildman–Crippen LogP) is 3.41. The predicted molar refractivity (Wildman–Crippen MR) is 106 cm³/mol. The summed E-state index contributed by atoms with van der Waals surface area (Å²) in [6.45, 7) is 1.92. The van der Waals surface area contributed by atoms with Gasteiger partial charge in [-0.2, -0.15) is 0 Å². The van der Waals surface area contributed by atoms with Gasteiger partial charge in [0.15, 0.2) is 0 Å². The van der Waals surface area contributed by atoms with Crippen molar-refractivity contribution >= 4 is 11.7 Å². The number of anilines is 1. The van der Waals surface area contributed by atoms with Crippen molar-refractivity contribution in [3.8, 4) is 11.1 Å². The Morgan fingerprint density at radius 2 is 1.79 bits per heavy atom. The molecule has 3 aromatic heterocycles. The standard InChI is InChI=1S/C21H18N6O/c1-14-17(16-7-10-22-11-8-16)9-12-23-19(14)25-21(28)20-24-18(26-27-20)13-15-5-3-2-4-6-15/h2-12H,13H2,1H3,(H,23,25,28)(H,24,26,27). The second kappa shape index (κ2) is 7.79. The third kappa shape index (κ3) is 3.78. The molecule has 4 aromatic rings. The summed E-state index contributed by atoms with van der Waals surface area (Å²) in [5.74, 6) is 0.891. The van der Waals surface area contributed by atoms with E-state index in [9.17, 15) is 4.79 Å². The monoisotopic (exact) mass is 370 g/mol. The summed E-state index contributed by atoms with van der Waals surface area (Å²) in [6.07, 6.45) is 5.71. The number of hydrogen-bond acceptors (Lipinski definition) is 5. The van der Waals surface area contributed by atoms with E-state index < -0.39 is 0 Å². The lowest BCUT2D eigenvalue weighted by Crippen LogP contribution is -2.16. The highest BCUT2D eigenvalue weighted by molar-refractivity contribution is 6.01.